The summed E-state index contributed by atoms with van der Waals surface area (Å²) in [5.41, 5.74) is 2.77. The third-order valence-electron chi connectivity index (χ3n) is 5.34. The molecule has 0 fully saturated rings. The molecule has 0 radical (unpaired) electrons. The van der Waals surface area contributed by atoms with E-state index < -0.39 is 5.69 Å². The van der Waals surface area contributed by atoms with Crippen molar-refractivity contribution in [3.05, 3.63) is 75.3 Å². The van der Waals surface area contributed by atoms with Crippen LogP contribution < -0.4 is 11.2 Å². The number of hydrogen-bond acceptors (Lipinski definition) is 4. The molecule has 5 aromatic rings. The van der Waals surface area contributed by atoms with Crippen molar-refractivity contribution >= 4 is 16.9 Å². The minimum atomic E-state index is -0.409. The van der Waals surface area contributed by atoms with Gasteiger partial charge in [0.2, 0.25) is 5.78 Å². The zero-order valence-electron chi connectivity index (χ0n) is 16.3. The van der Waals surface area contributed by atoms with Gasteiger partial charge >= 0.3 is 5.69 Å². The second kappa shape index (κ2) is 6.10. The van der Waals surface area contributed by atoms with Crippen LogP contribution >= 0.6 is 0 Å². The van der Waals surface area contributed by atoms with E-state index in [0.29, 0.717) is 22.7 Å². The molecular weight excluding hydrogens is 370 g/mol. The van der Waals surface area contributed by atoms with E-state index in [1.54, 1.807) is 17.7 Å². The van der Waals surface area contributed by atoms with Gasteiger partial charge in [0.15, 0.2) is 16.9 Å². The Morgan fingerprint density at radius 2 is 1.79 bits per heavy atom. The summed E-state index contributed by atoms with van der Waals surface area (Å²) in [6.45, 7) is 2.11. The van der Waals surface area contributed by atoms with Crippen LogP contribution in [0, 0.1) is 0 Å². The van der Waals surface area contributed by atoms with Gasteiger partial charge in [0.25, 0.3) is 5.56 Å². The summed E-state index contributed by atoms with van der Waals surface area (Å²) in [4.78, 5) is 29.9. The highest BCUT2D eigenvalue weighted by atomic mass is 16.3. The number of rotatable bonds is 3. The van der Waals surface area contributed by atoms with E-state index in [9.17, 15) is 9.59 Å². The van der Waals surface area contributed by atoms with Gasteiger partial charge in [0.1, 0.15) is 5.69 Å². The molecule has 146 valence electrons. The molecule has 5 rings (SSSR count). The molecule has 8 nitrogen and oxygen atoms in total. The van der Waals surface area contributed by atoms with E-state index in [4.69, 9.17) is 4.42 Å². The Bertz CT molecular complexity index is 1480. The van der Waals surface area contributed by atoms with Crippen LogP contribution in [-0.4, -0.2) is 23.1 Å². The molecule has 0 saturated heterocycles. The van der Waals surface area contributed by atoms with E-state index >= 15 is 0 Å². The van der Waals surface area contributed by atoms with Crippen LogP contribution in [0.2, 0.25) is 0 Å². The smallest absolute Gasteiger partial charge is 0.332 e. The zero-order valence-corrected chi connectivity index (χ0v) is 16.3. The van der Waals surface area contributed by atoms with E-state index in [0.717, 1.165) is 22.4 Å². The van der Waals surface area contributed by atoms with Gasteiger partial charge in [-0.3, -0.25) is 22.9 Å². The normalized spacial score (nSPS) is 11.7. The van der Waals surface area contributed by atoms with Crippen molar-refractivity contribution in [3.8, 4) is 17.1 Å². The van der Waals surface area contributed by atoms with Crippen molar-refractivity contribution in [2.45, 2.75) is 13.3 Å². The first-order chi connectivity index (χ1) is 14.0. The van der Waals surface area contributed by atoms with Crippen LogP contribution in [0.5, 0.6) is 0 Å². The van der Waals surface area contributed by atoms with Crippen molar-refractivity contribution in [1.29, 1.82) is 0 Å². The van der Waals surface area contributed by atoms with Gasteiger partial charge in [-0.2, -0.15) is 4.98 Å². The fourth-order valence-corrected chi connectivity index (χ4v) is 3.70. The summed E-state index contributed by atoms with van der Waals surface area (Å²) in [6, 6.07) is 11.8. The van der Waals surface area contributed by atoms with Gasteiger partial charge in [0, 0.05) is 26.0 Å². The molecule has 0 aliphatic rings. The molecule has 8 heteroatoms. The molecule has 1 aromatic carbocycles. The predicted molar refractivity (Wildman–Crippen MR) is 110 cm³/mol. The second-order valence-electron chi connectivity index (χ2n) is 7.01. The Balaban J connectivity index is 1.94. The fraction of sp³-hybridized carbons (Fsp3) is 0.190. The number of nitrogens with zero attached hydrogens (tertiary/aromatic N) is 5. The Morgan fingerprint density at radius 1 is 1.03 bits per heavy atom. The quantitative estimate of drug-likeness (QED) is 0.475. The van der Waals surface area contributed by atoms with Crippen LogP contribution in [0.3, 0.4) is 0 Å². The number of imidazole rings is 2. The lowest BCUT2D eigenvalue weighted by molar-refractivity contribution is 0.579. The van der Waals surface area contributed by atoms with Crippen molar-refractivity contribution < 1.29 is 4.42 Å². The molecule has 4 heterocycles. The summed E-state index contributed by atoms with van der Waals surface area (Å²) >= 11 is 0. The van der Waals surface area contributed by atoms with Gasteiger partial charge < -0.3 is 4.42 Å². The van der Waals surface area contributed by atoms with Gasteiger partial charge in [-0.05, 0) is 36.2 Å². The summed E-state index contributed by atoms with van der Waals surface area (Å²) in [5.74, 6) is 1.19. The maximum Gasteiger partial charge on any atom is 0.332 e. The molecule has 0 N–H and O–H groups in total. The first-order valence-corrected chi connectivity index (χ1v) is 9.34. The minimum Gasteiger partial charge on any atom is -0.463 e. The lowest BCUT2D eigenvalue weighted by atomic mass is 10.1. The monoisotopic (exact) mass is 389 g/mol. The number of benzene rings is 1. The minimum absolute atomic E-state index is 0.345. The molecule has 0 bridgehead atoms. The molecule has 0 amide bonds. The number of aromatic nitrogens is 5. The van der Waals surface area contributed by atoms with Gasteiger partial charge in [-0.25, -0.2) is 4.79 Å². The van der Waals surface area contributed by atoms with Gasteiger partial charge in [0.05, 0.1) is 6.26 Å². The largest absolute Gasteiger partial charge is 0.463 e. The zero-order chi connectivity index (χ0) is 20.3. The average molecular weight is 389 g/mol. The molecule has 29 heavy (non-hydrogen) atoms. The standard InChI is InChI=1S/C21H19N5O3/c1-4-13-7-9-14(10-8-13)26-15(16-6-5-11-29-16)12-25-17-18(22-20(25)26)23(2)21(28)24(3)19(17)27/h5-12H,4H2,1-3H3. The Labute approximate surface area is 164 Å². The van der Waals surface area contributed by atoms with Crippen LogP contribution in [0.25, 0.3) is 34.1 Å². The van der Waals surface area contributed by atoms with E-state index in [1.165, 1.54) is 17.2 Å². The second-order valence-corrected chi connectivity index (χ2v) is 7.01. The first kappa shape index (κ1) is 17.3. The number of aryl methyl sites for hydroxylation is 2. The fourth-order valence-electron chi connectivity index (χ4n) is 3.70. The maximum atomic E-state index is 12.9. The van der Waals surface area contributed by atoms with E-state index in [2.05, 4.69) is 24.0 Å². The topological polar surface area (TPSA) is 79.4 Å². The molecule has 0 aliphatic carbocycles. The van der Waals surface area contributed by atoms with Gasteiger partial charge in [-0.15, -0.1) is 0 Å². The maximum absolute atomic E-state index is 12.9. The lowest BCUT2D eigenvalue weighted by Crippen LogP contribution is -2.37. The average Bonchev–Trinajstić information content (AvgIpc) is 3.45. The molecule has 0 spiro atoms. The highest BCUT2D eigenvalue weighted by molar-refractivity contribution is 5.78. The van der Waals surface area contributed by atoms with Gasteiger partial charge in [-0.1, -0.05) is 19.1 Å². The van der Waals surface area contributed by atoms with E-state index in [1.807, 2.05) is 35.0 Å². The number of fused-ring (bicyclic) bond motifs is 3. The van der Waals surface area contributed by atoms with Crippen LogP contribution in [0.15, 0.2) is 62.9 Å². The SMILES string of the molecule is CCc1ccc(-n2c(-c3ccco3)cn3c4c(=O)n(C)c(=O)n(C)c4nc23)cc1. The molecule has 0 saturated carbocycles. The first-order valence-electron chi connectivity index (χ1n) is 9.34. The number of hydrogen-bond donors (Lipinski definition) is 0. The third-order valence-corrected chi connectivity index (χ3v) is 5.34. The summed E-state index contributed by atoms with van der Waals surface area (Å²) in [5, 5.41) is 0. The van der Waals surface area contributed by atoms with Crippen molar-refractivity contribution in [2.24, 2.45) is 14.1 Å². The molecule has 0 aliphatic heterocycles. The summed E-state index contributed by atoms with van der Waals surface area (Å²) in [6.07, 6.45) is 4.37. The molecule has 0 atom stereocenters. The molecule has 0 unspecified atom stereocenters. The molecular formula is C21H19N5O3. The van der Waals surface area contributed by atoms with Crippen LogP contribution in [0.4, 0.5) is 0 Å². The number of furan rings is 1. The Hall–Kier alpha value is -3.81. The summed E-state index contributed by atoms with van der Waals surface area (Å²) < 4.78 is 11.8. The summed E-state index contributed by atoms with van der Waals surface area (Å²) in [7, 11) is 3.09. The lowest BCUT2D eigenvalue weighted by Gasteiger charge is -2.08. The third kappa shape index (κ3) is 2.35. The Kier molecular flexibility index (Phi) is 3.64. The van der Waals surface area contributed by atoms with Crippen LogP contribution in [0.1, 0.15) is 12.5 Å². The van der Waals surface area contributed by atoms with E-state index in [-0.39, 0.29) is 5.56 Å². The van der Waals surface area contributed by atoms with Crippen LogP contribution in [-0.2, 0) is 20.5 Å². The Morgan fingerprint density at radius 3 is 2.45 bits per heavy atom. The highest BCUT2D eigenvalue weighted by Crippen LogP contribution is 2.29. The van der Waals surface area contributed by atoms with Crippen molar-refractivity contribution in [2.75, 3.05) is 0 Å². The predicted octanol–water partition coefficient (Wildman–Crippen LogP) is 2.50. The highest BCUT2D eigenvalue weighted by Gasteiger charge is 2.22. The molecule has 4 aromatic heterocycles. The van der Waals surface area contributed by atoms with Crippen molar-refractivity contribution in [1.82, 2.24) is 23.1 Å². The van der Waals surface area contributed by atoms with Crippen molar-refractivity contribution in [3.63, 3.8) is 0 Å².